The van der Waals surface area contributed by atoms with Gasteiger partial charge >= 0.3 is 55.0 Å². The van der Waals surface area contributed by atoms with Crippen molar-refractivity contribution in [2.24, 2.45) is 17.6 Å². The van der Waals surface area contributed by atoms with Crippen LogP contribution in [-0.2, 0) is 100 Å². The van der Waals surface area contributed by atoms with Crippen molar-refractivity contribution in [3.05, 3.63) is 24.0 Å². The summed E-state index contributed by atoms with van der Waals surface area (Å²) >= 11 is 5.02. The van der Waals surface area contributed by atoms with Gasteiger partial charge < -0.3 is 40.3 Å². The second-order valence-electron chi connectivity index (χ2n) is 22.9. The zero-order valence-electron chi connectivity index (χ0n) is 58.3. The maximum absolute atomic E-state index is 12.0. The molecule has 37 heteroatoms. The molecule has 0 radical (unpaired) electrons. The van der Waals surface area contributed by atoms with Gasteiger partial charge in [-0.05, 0) is 122 Å². The van der Waals surface area contributed by atoms with Crippen LogP contribution in [0.25, 0.3) is 0 Å². The number of rotatable bonds is 38. The van der Waals surface area contributed by atoms with E-state index < -0.39 is 77.2 Å². The third-order valence-electron chi connectivity index (χ3n) is 10.8. The number of hydrogen-bond donors (Lipinski definition) is 3. The van der Waals surface area contributed by atoms with Crippen LogP contribution in [0, 0.1) is 11.8 Å². The van der Waals surface area contributed by atoms with E-state index in [1.165, 1.54) is 7.11 Å². The summed E-state index contributed by atoms with van der Waals surface area (Å²) in [6, 6.07) is 0.144. The van der Waals surface area contributed by atoms with E-state index in [-0.39, 0.29) is 128 Å². The fourth-order valence-corrected chi connectivity index (χ4v) is 12.0. The third-order valence-corrected chi connectivity index (χ3v) is 17.8. The van der Waals surface area contributed by atoms with E-state index in [0.717, 1.165) is 95.3 Å². The molecule has 0 heterocycles. The molecule has 0 aromatic carbocycles. The molecule has 574 valence electrons. The molecule has 0 saturated carbocycles. The summed E-state index contributed by atoms with van der Waals surface area (Å²) in [6.07, 6.45) is 15.4. The van der Waals surface area contributed by atoms with Crippen LogP contribution >= 0.6 is 45.4 Å². The van der Waals surface area contributed by atoms with Crippen molar-refractivity contribution < 1.29 is 124 Å². The van der Waals surface area contributed by atoms with Gasteiger partial charge in [-0.2, -0.15) is 19.2 Å². The van der Waals surface area contributed by atoms with Crippen LogP contribution in [0.5, 0.6) is 0 Å². The van der Waals surface area contributed by atoms with Crippen molar-refractivity contribution in [1.82, 2.24) is 14.5 Å². The van der Waals surface area contributed by atoms with Gasteiger partial charge in [0, 0.05) is 76.1 Å². The van der Waals surface area contributed by atoms with Gasteiger partial charge in [0.1, 0.15) is 11.2 Å². The van der Waals surface area contributed by atoms with Gasteiger partial charge in [-0.3, -0.25) is 19.2 Å². The second-order valence-corrected chi connectivity index (χ2v) is 34.9. The SMILES string of the molecule is C.C.C=CS(=O)(=O)Cl.C=CS(=O)(=O)N[C@H](C)CCCCCC(=O)OC(C)(C)C.CCCCC[C@H](CS(=O)(=O)CCN(C)C)C(=O)O.CCCCC[C@H](CS(=O)(=O)CCN(C)C)C(=O)OC.C[C@@H](N)CCCCCC(=O)OC(C)(C)C.Cl.O=C=O.O=C=O.O=S(=O)(Cl)CCCl.[Li+].[OH-]. The van der Waals surface area contributed by atoms with E-state index in [9.17, 15) is 61.3 Å². The number of carboxylic acids is 1. The fourth-order valence-electron chi connectivity index (χ4n) is 6.49. The number of alkyl halides is 1. The molecule has 0 aliphatic rings. The van der Waals surface area contributed by atoms with Crippen molar-refractivity contribution in [2.75, 3.05) is 83.0 Å². The zero-order valence-corrected chi connectivity index (χ0v) is 65.5. The van der Waals surface area contributed by atoms with E-state index in [4.69, 9.17) is 66.5 Å². The molecule has 0 aliphatic carbocycles. The van der Waals surface area contributed by atoms with Crippen molar-refractivity contribution in [2.45, 2.75) is 223 Å². The molecule has 96 heavy (non-hydrogen) atoms. The average Bonchev–Trinajstić information content (AvgIpc) is 1.23. The standard InChI is InChI=1S/C14H27NO4S.C13H27NO4S.C12H25NO4S.C12H25NO2.C2H4Cl2O2S.C2H3ClO2S.2CO2.2CH4.ClH.Li.H2O/c1-6-20(17,18)15-12(2)10-8-7-9-11-13(16)19-14(3,4)5;1-5-6-7-8-12(13(15)18-4)11-19(16,17)10-9-14(2)3;1-4-5-6-7-11(12(14)15)10-18(16,17)9-8-13(2)3;1-10(13)8-6-5-7-9-11(14)15-12(2,3)4;3-1-2-7(4,5)6;1-2-6(3,4)5;2*2-1-3;;;;;/h6,12,15H,1,7-11H2,2-5H3;12H,5-11H2,1-4H3;11H,4-10H2,1-3H3,(H,14,15);10H,5-9,13H2,1-4H3;1-2H2;2H,1H2;;;2*1H4;1H;;1H2/q;;;;;;;;;;;+1;/p-1/t2*12-;11-;10-;;;;;;;;;/m1111........./s1. The van der Waals surface area contributed by atoms with Crippen molar-refractivity contribution >= 4 is 129 Å². The summed E-state index contributed by atoms with van der Waals surface area (Å²) in [5, 5.41) is 10.6. The van der Waals surface area contributed by atoms with E-state index in [2.05, 4.69) is 35.5 Å². The van der Waals surface area contributed by atoms with Gasteiger partial charge in [-0.25, -0.2) is 46.8 Å². The molecule has 0 saturated heterocycles. The monoisotopic (exact) mass is 1560 g/mol. The average molecular weight is 1560 g/mol. The molecule has 0 aliphatic heterocycles. The van der Waals surface area contributed by atoms with Crippen LogP contribution in [0.4, 0.5) is 0 Å². The number of nitrogens with two attached hydrogens (primary N) is 1. The number of halogens is 4. The number of ether oxygens (including phenoxy) is 3. The summed E-state index contributed by atoms with van der Waals surface area (Å²) in [5.41, 5.74) is 4.83. The Morgan fingerprint density at radius 1 is 0.604 bits per heavy atom. The fraction of sp³-hybridized carbons (Fsp3) is 0.831. The van der Waals surface area contributed by atoms with Crippen LogP contribution in [0.3, 0.4) is 0 Å². The number of esters is 3. The quantitative estimate of drug-likeness (QED) is 0.0143. The maximum Gasteiger partial charge on any atom is 1.00 e. The maximum atomic E-state index is 12.0. The van der Waals surface area contributed by atoms with E-state index in [1.54, 1.807) is 19.0 Å². The Morgan fingerprint density at radius 2 is 0.927 bits per heavy atom. The molecule has 0 rings (SSSR count). The predicted molar refractivity (Wildman–Crippen MR) is 381 cm³/mol. The molecule has 0 spiro atoms. The van der Waals surface area contributed by atoms with Crippen molar-refractivity contribution in [3.63, 3.8) is 0 Å². The first-order valence-corrected chi connectivity index (χ1v) is 39.9. The molecule has 4 atom stereocenters. The Balaban J connectivity index is -0.0000000785. The predicted octanol–water partition coefficient (Wildman–Crippen LogP) is 6.78. The second kappa shape index (κ2) is 72.2. The Labute approximate surface area is 611 Å². The molecule has 0 unspecified atom stereocenters. The number of methoxy groups -OCH3 is 1. The van der Waals surface area contributed by atoms with Crippen LogP contribution in [-0.4, -0.2) is 205 Å². The molecule has 0 aromatic rings. The Bertz CT molecular complexity index is 2580. The van der Waals surface area contributed by atoms with Crippen LogP contribution < -0.4 is 29.3 Å². The summed E-state index contributed by atoms with van der Waals surface area (Å²) in [5.74, 6) is -3.30. The molecule has 0 bridgehead atoms. The molecule has 0 fully saturated rings. The smallest absolute Gasteiger partial charge is 0.870 e. The number of sulfone groups is 2. The number of carboxylic acid groups (broad SMARTS) is 1. The van der Waals surface area contributed by atoms with E-state index in [1.807, 2.05) is 81.3 Å². The van der Waals surface area contributed by atoms with Crippen LogP contribution in [0.15, 0.2) is 24.0 Å². The zero-order chi connectivity index (χ0) is 73.3. The molecule has 0 amide bonds. The van der Waals surface area contributed by atoms with Gasteiger partial charge in [0.25, 0.3) is 9.05 Å². The van der Waals surface area contributed by atoms with Gasteiger partial charge in [0.15, 0.2) is 19.7 Å². The van der Waals surface area contributed by atoms with E-state index in [0.29, 0.717) is 44.2 Å². The third kappa shape index (κ3) is 116. The van der Waals surface area contributed by atoms with Gasteiger partial charge in [-0.1, -0.05) is 106 Å². The minimum atomic E-state index is -3.43. The number of unbranched alkanes of at least 4 members (excludes halogenated alkanes) is 8. The number of carbonyl (C=O) groups excluding carboxylic acids is 7. The summed E-state index contributed by atoms with van der Waals surface area (Å²) in [4.78, 5) is 81.5. The van der Waals surface area contributed by atoms with E-state index >= 15 is 0 Å². The van der Waals surface area contributed by atoms with Gasteiger partial charge in [0.05, 0.1) is 47.7 Å². The molecule has 5 N–H and O–H groups in total. The number of nitrogens with zero attached hydrogens (tertiary/aromatic N) is 2. The van der Waals surface area contributed by atoms with Gasteiger partial charge in [-0.15, -0.1) is 24.0 Å². The first kappa shape index (κ1) is 123. The molecule has 27 nitrogen and oxygen atoms in total. The number of sulfonamides is 1. The Kier molecular flexibility index (Phi) is 92.8. The van der Waals surface area contributed by atoms with Crippen molar-refractivity contribution in [1.29, 1.82) is 0 Å². The normalized spacial score (nSPS) is 12.0. The van der Waals surface area contributed by atoms with Gasteiger partial charge in [0.2, 0.25) is 19.1 Å². The number of hydrogen-bond acceptors (Lipinski definition) is 25. The largest absolute Gasteiger partial charge is 1.00 e. The summed E-state index contributed by atoms with van der Waals surface area (Å²) in [7, 11) is 1.24. The molecular formula is C59H121Cl4LiN4O23S5. The first-order valence-electron chi connectivity index (χ1n) is 29.3. The number of carbonyl (C=O) groups is 4. The number of aliphatic carboxylic acids is 1. The topological polar surface area (TPSA) is 430 Å². The number of nitrogens with one attached hydrogen (secondary N) is 1. The summed E-state index contributed by atoms with van der Waals surface area (Å²) in [6.45, 7) is 26.2. The molecule has 0 aromatic heterocycles. The van der Waals surface area contributed by atoms with Crippen LogP contribution in [0.2, 0.25) is 0 Å². The minimum absolute atomic E-state index is 0. The molecular weight excluding hydrogens is 1440 g/mol. The van der Waals surface area contributed by atoms with Crippen LogP contribution in [0.1, 0.15) is 200 Å². The minimum Gasteiger partial charge on any atom is -0.870 e. The Morgan fingerprint density at radius 3 is 1.18 bits per heavy atom. The Hall–Kier alpha value is -2.57. The summed E-state index contributed by atoms with van der Waals surface area (Å²) < 4.78 is 127. The van der Waals surface area contributed by atoms with Crippen molar-refractivity contribution in [3.8, 4) is 0 Å². The first-order chi connectivity index (χ1) is 41.4.